The van der Waals surface area contributed by atoms with Crippen LogP contribution in [-0.2, 0) is 16.3 Å². The molecule has 0 heterocycles. The van der Waals surface area contributed by atoms with Crippen LogP contribution in [0.2, 0.25) is 0 Å². The number of fused-ring (bicyclic) bond motifs is 1. The maximum atomic E-state index is 13.2. The molecule has 0 spiro atoms. The van der Waals surface area contributed by atoms with Gasteiger partial charge < -0.3 is 0 Å². The average Bonchev–Trinajstić information content (AvgIpc) is 2.67. The van der Waals surface area contributed by atoms with Crippen LogP contribution >= 0.6 is 0 Å². The lowest BCUT2D eigenvalue weighted by Crippen LogP contribution is -2.07. The van der Waals surface area contributed by atoms with Gasteiger partial charge in [-0.2, -0.15) is 0 Å². The highest BCUT2D eigenvalue weighted by atomic mass is 32.2. The molecule has 5 heteroatoms. The van der Waals surface area contributed by atoms with Crippen LogP contribution < -0.4 is 0 Å². The molecule has 1 aromatic carbocycles. The lowest BCUT2D eigenvalue weighted by Gasteiger charge is -2.07. The van der Waals surface area contributed by atoms with Crippen molar-refractivity contribution in [2.24, 2.45) is 0 Å². The third-order valence-electron chi connectivity index (χ3n) is 2.35. The summed E-state index contributed by atoms with van der Waals surface area (Å²) in [5.41, 5.74) is 0.608. The van der Waals surface area contributed by atoms with Crippen LogP contribution in [0.3, 0.4) is 0 Å². The summed E-state index contributed by atoms with van der Waals surface area (Å²) in [6.45, 7) is 0. The molecule has 2 rings (SSSR count). The summed E-state index contributed by atoms with van der Waals surface area (Å²) in [5.74, 6) is -0.475. The van der Waals surface area contributed by atoms with E-state index in [2.05, 4.69) is 0 Å². The van der Waals surface area contributed by atoms with Crippen molar-refractivity contribution in [3.05, 3.63) is 35.2 Å². The molecule has 15 heavy (non-hydrogen) atoms. The van der Waals surface area contributed by atoms with E-state index in [-0.39, 0.29) is 10.5 Å². The molecule has 0 N–H and O–H groups in total. The first-order valence-corrected chi connectivity index (χ1v) is 5.98. The number of benzene rings is 1. The molecule has 1 aliphatic rings. The van der Waals surface area contributed by atoms with Gasteiger partial charge in [0.2, 0.25) is 9.84 Å². The van der Waals surface area contributed by atoms with E-state index in [1.807, 2.05) is 0 Å². The van der Waals surface area contributed by atoms with E-state index in [4.69, 9.17) is 0 Å². The molecule has 1 aromatic rings. The van der Waals surface area contributed by atoms with Crippen molar-refractivity contribution >= 4 is 15.9 Å². The molecule has 80 valence electrons. The second-order valence-electron chi connectivity index (χ2n) is 3.27. The molecule has 0 bridgehead atoms. The Bertz CT molecular complexity index is 533. The minimum absolute atomic E-state index is 0.105. The lowest BCUT2D eigenvalue weighted by molar-refractivity contribution is 0.533. The minimum atomic E-state index is -3.91. The Kier molecular flexibility index (Phi) is 2.34. The number of hydrogen-bond donors (Lipinski definition) is 0. The van der Waals surface area contributed by atoms with E-state index in [0.29, 0.717) is 12.0 Å². The fraction of sp³-hybridized carbons (Fsp3) is 0.200. The van der Waals surface area contributed by atoms with Gasteiger partial charge in [0.15, 0.2) is 6.01 Å². The van der Waals surface area contributed by atoms with Crippen LogP contribution in [0.1, 0.15) is 11.1 Å². The van der Waals surface area contributed by atoms with Crippen LogP contribution in [0.25, 0.3) is 6.08 Å². The second-order valence-corrected chi connectivity index (χ2v) is 5.16. The molecule has 0 amide bonds. The molecule has 2 nitrogen and oxygen atoms in total. The van der Waals surface area contributed by atoms with Gasteiger partial charge >= 0.3 is 0 Å². The Hall–Kier alpha value is -1.23. The van der Waals surface area contributed by atoms with Gasteiger partial charge in [0, 0.05) is 5.56 Å². The van der Waals surface area contributed by atoms with E-state index >= 15 is 0 Å². The molecule has 0 saturated carbocycles. The summed E-state index contributed by atoms with van der Waals surface area (Å²) in [5, 5.41) is 0. The zero-order valence-electron chi connectivity index (χ0n) is 7.70. The minimum Gasteiger partial charge on any atom is -0.233 e. The lowest BCUT2D eigenvalue weighted by atomic mass is 10.1. The zero-order valence-corrected chi connectivity index (χ0v) is 8.52. The summed E-state index contributed by atoms with van der Waals surface area (Å²) in [4.78, 5) is -0.105. The van der Waals surface area contributed by atoms with Gasteiger partial charge in [-0.25, -0.2) is 17.2 Å². The Balaban J connectivity index is 2.69. The maximum Gasteiger partial charge on any atom is 0.207 e. The van der Waals surface area contributed by atoms with E-state index in [0.717, 1.165) is 12.1 Å². The van der Waals surface area contributed by atoms with Crippen molar-refractivity contribution in [1.82, 2.24) is 0 Å². The Morgan fingerprint density at radius 2 is 2.07 bits per heavy atom. The van der Waals surface area contributed by atoms with Gasteiger partial charge in [0.25, 0.3) is 0 Å². The van der Waals surface area contributed by atoms with Gasteiger partial charge in [-0.1, -0.05) is 12.2 Å². The molecule has 0 aliphatic heterocycles. The predicted octanol–water partition coefficient (Wildman–Crippen LogP) is 2.10. The monoisotopic (exact) mass is 230 g/mol. The highest BCUT2D eigenvalue weighted by Gasteiger charge is 2.23. The molecule has 0 saturated heterocycles. The first-order chi connectivity index (χ1) is 7.06. The third-order valence-corrected chi connectivity index (χ3v) is 3.69. The molecule has 1 aliphatic carbocycles. The number of rotatable bonds is 2. The molecular weight excluding hydrogens is 222 g/mol. The SMILES string of the molecule is O=S(=O)(CF)c1ccc(F)c2c1CC=C2. The van der Waals surface area contributed by atoms with Crippen LogP contribution in [0, 0.1) is 5.82 Å². The number of alkyl halides is 1. The quantitative estimate of drug-likeness (QED) is 0.729. The van der Waals surface area contributed by atoms with Crippen molar-refractivity contribution in [2.45, 2.75) is 11.3 Å². The van der Waals surface area contributed by atoms with Crippen molar-refractivity contribution in [3.8, 4) is 0 Å². The molecule has 0 aromatic heterocycles. The number of halogens is 2. The summed E-state index contributed by atoms with van der Waals surface area (Å²) in [7, 11) is -3.91. The molecule has 0 radical (unpaired) electrons. The summed E-state index contributed by atoms with van der Waals surface area (Å²) in [6.07, 6.45) is 3.51. The predicted molar refractivity (Wildman–Crippen MR) is 52.3 cm³/mol. The standard InChI is InChI=1S/C10H8F2O2S/c11-6-15(13,14)10-5-4-9(12)7-2-1-3-8(7)10/h1-2,4-5H,3,6H2. The van der Waals surface area contributed by atoms with Crippen LogP contribution in [0.5, 0.6) is 0 Å². The zero-order chi connectivity index (χ0) is 11.1. The summed E-state index contributed by atoms with van der Waals surface area (Å²) in [6, 6.07) is 0.720. The molecule has 0 unspecified atom stereocenters. The van der Waals surface area contributed by atoms with E-state index in [1.165, 1.54) is 6.08 Å². The van der Waals surface area contributed by atoms with Gasteiger partial charge in [-0.3, -0.25) is 0 Å². The fourth-order valence-corrected chi connectivity index (χ4v) is 2.61. The number of sulfone groups is 1. The van der Waals surface area contributed by atoms with E-state index in [1.54, 1.807) is 6.08 Å². The van der Waals surface area contributed by atoms with Crippen LogP contribution in [0.4, 0.5) is 8.78 Å². The normalized spacial score (nSPS) is 14.3. The number of hydrogen-bond acceptors (Lipinski definition) is 2. The van der Waals surface area contributed by atoms with Crippen LogP contribution in [0.15, 0.2) is 23.1 Å². The van der Waals surface area contributed by atoms with Crippen molar-refractivity contribution < 1.29 is 17.2 Å². The third kappa shape index (κ3) is 1.56. The molecule has 0 fully saturated rings. The molecule has 0 atom stereocenters. The number of allylic oxidation sites excluding steroid dienone is 1. The molecular formula is C10H8F2O2S. The Morgan fingerprint density at radius 3 is 2.73 bits per heavy atom. The van der Waals surface area contributed by atoms with Crippen molar-refractivity contribution in [2.75, 3.05) is 6.01 Å². The average molecular weight is 230 g/mol. The Labute approximate surface area is 86.2 Å². The van der Waals surface area contributed by atoms with Gasteiger partial charge in [0.05, 0.1) is 4.90 Å². The van der Waals surface area contributed by atoms with E-state index in [9.17, 15) is 17.2 Å². The van der Waals surface area contributed by atoms with Crippen molar-refractivity contribution in [3.63, 3.8) is 0 Å². The Morgan fingerprint density at radius 1 is 1.33 bits per heavy atom. The van der Waals surface area contributed by atoms with Gasteiger partial charge in [0.1, 0.15) is 5.82 Å². The highest BCUT2D eigenvalue weighted by Crippen LogP contribution is 2.29. The fourth-order valence-electron chi connectivity index (χ4n) is 1.65. The second kappa shape index (κ2) is 3.41. The van der Waals surface area contributed by atoms with E-state index < -0.39 is 21.7 Å². The smallest absolute Gasteiger partial charge is 0.207 e. The van der Waals surface area contributed by atoms with Crippen LogP contribution in [-0.4, -0.2) is 14.4 Å². The largest absolute Gasteiger partial charge is 0.233 e. The first kappa shape index (κ1) is 10.3. The topological polar surface area (TPSA) is 34.1 Å². The highest BCUT2D eigenvalue weighted by molar-refractivity contribution is 7.91. The maximum absolute atomic E-state index is 13.2. The summed E-state index contributed by atoms with van der Waals surface area (Å²) < 4.78 is 48.2. The van der Waals surface area contributed by atoms with Gasteiger partial charge in [-0.15, -0.1) is 0 Å². The summed E-state index contributed by atoms with van der Waals surface area (Å²) >= 11 is 0. The first-order valence-electron chi connectivity index (χ1n) is 4.33. The van der Waals surface area contributed by atoms with Crippen molar-refractivity contribution in [1.29, 1.82) is 0 Å². The van der Waals surface area contributed by atoms with Gasteiger partial charge in [-0.05, 0) is 24.1 Å².